The van der Waals surface area contributed by atoms with Gasteiger partial charge >= 0.3 is 17.1 Å². The predicted octanol–water partition coefficient (Wildman–Crippen LogP) is 2.34. The Bertz CT molecular complexity index is 713. The molecule has 25 heavy (non-hydrogen) atoms. The summed E-state index contributed by atoms with van der Waals surface area (Å²) < 4.78 is 0. The molecule has 0 bridgehead atoms. The minimum Gasteiger partial charge on any atom is -0.384 e. The SMILES string of the molecule is Nc1nc2ccc(NC[C]3[CH][CH][CH][CH]3)cc2c(=O)[nH]1.[CH]1[CH][CH][CH][CH]1.[Fe+2]. The Morgan fingerprint density at radius 2 is 1.64 bits per heavy atom. The second kappa shape index (κ2) is 9.83. The van der Waals surface area contributed by atoms with E-state index in [9.17, 15) is 4.79 Å². The van der Waals surface area contributed by atoms with Gasteiger partial charge in [0.25, 0.3) is 5.56 Å². The molecule has 0 aliphatic heterocycles. The smallest absolute Gasteiger partial charge is 0.384 e. The number of benzene rings is 1. The zero-order valence-corrected chi connectivity index (χ0v) is 14.5. The summed E-state index contributed by atoms with van der Waals surface area (Å²) in [5, 5.41) is 3.80. The molecule has 5 nitrogen and oxygen atoms in total. The van der Waals surface area contributed by atoms with Crippen molar-refractivity contribution in [2.24, 2.45) is 0 Å². The average Bonchev–Trinajstić information content (AvgIpc) is 3.29. The summed E-state index contributed by atoms with van der Waals surface area (Å²) in [5.41, 5.74) is 6.76. The topological polar surface area (TPSA) is 83.8 Å². The molecule has 4 rings (SSSR count). The minimum absolute atomic E-state index is 0. The molecule has 0 spiro atoms. The second-order valence-electron chi connectivity index (χ2n) is 5.29. The van der Waals surface area contributed by atoms with E-state index in [4.69, 9.17) is 5.73 Å². The van der Waals surface area contributed by atoms with Crippen molar-refractivity contribution in [1.82, 2.24) is 9.97 Å². The van der Waals surface area contributed by atoms with Crippen LogP contribution in [0.5, 0.6) is 0 Å². The molecule has 2 fully saturated rings. The normalized spacial score (nSPS) is 17.0. The maximum Gasteiger partial charge on any atom is 2.00 e. The number of nitrogens with zero attached hydrogens (tertiary/aromatic N) is 1. The van der Waals surface area contributed by atoms with Crippen LogP contribution in [0.1, 0.15) is 0 Å². The Kier molecular flexibility index (Phi) is 7.79. The van der Waals surface area contributed by atoms with Crippen molar-refractivity contribution in [2.75, 3.05) is 17.6 Å². The van der Waals surface area contributed by atoms with Crippen molar-refractivity contribution < 1.29 is 17.1 Å². The summed E-state index contributed by atoms with van der Waals surface area (Å²) in [4.78, 5) is 18.4. The molecule has 2 aliphatic carbocycles. The number of H-pyrrole nitrogens is 1. The third kappa shape index (κ3) is 5.75. The van der Waals surface area contributed by atoms with Gasteiger partial charge in [0.1, 0.15) is 0 Å². The van der Waals surface area contributed by atoms with E-state index in [1.165, 1.54) is 5.92 Å². The van der Waals surface area contributed by atoms with Gasteiger partial charge in [0, 0.05) is 18.2 Å². The summed E-state index contributed by atoms with van der Waals surface area (Å²) in [5.74, 6) is 1.33. The Hall–Kier alpha value is -1.52. The number of fused-ring (bicyclic) bond motifs is 1. The van der Waals surface area contributed by atoms with E-state index in [1.54, 1.807) is 12.1 Å². The van der Waals surface area contributed by atoms with E-state index in [0.29, 0.717) is 10.9 Å². The molecule has 0 atom stereocenters. The van der Waals surface area contributed by atoms with Gasteiger partial charge in [-0.05, 0) is 76.0 Å². The van der Waals surface area contributed by atoms with Crippen LogP contribution in [0.3, 0.4) is 0 Å². The first-order valence-corrected chi connectivity index (χ1v) is 7.63. The van der Waals surface area contributed by atoms with Crippen molar-refractivity contribution in [2.45, 2.75) is 0 Å². The van der Waals surface area contributed by atoms with Gasteiger partial charge in [0.05, 0.1) is 10.9 Å². The maximum absolute atomic E-state index is 11.8. The monoisotopic (exact) mass is 374 g/mol. The number of anilines is 2. The zero-order chi connectivity index (χ0) is 16.8. The fourth-order valence-corrected chi connectivity index (χ4v) is 2.32. The van der Waals surface area contributed by atoms with E-state index >= 15 is 0 Å². The molecule has 4 N–H and O–H groups in total. The number of rotatable bonds is 3. The molecule has 1 aromatic carbocycles. The summed E-state index contributed by atoms with van der Waals surface area (Å²) >= 11 is 0. The number of hydrogen-bond donors (Lipinski definition) is 3. The third-order valence-corrected chi connectivity index (χ3v) is 3.51. The van der Waals surface area contributed by atoms with Crippen LogP contribution in [-0.4, -0.2) is 16.5 Å². The first kappa shape index (κ1) is 19.8. The van der Waals surface area contributed by atoms with Crippen LogP contribution in [0.2, 0.25) is 0 Å². The van der Waals surface area contributed by atoms with E-state index in [2.05, 4.69) is 15.3 Å². The third-order valence-electron chi connectivity index (χ3n) is 3.51. The van der Waals surface area contributed by atoms with Gasteiger partial charge in [-0.2, -0.15) is 0 Å². The van der Waals surface area contributed by atoms with Gasteiger partial charge in [-0.15, -0.1) is 0 Å². The molecule has 126 valence electrons. The molecule has 10 radical (unpaired) electrons. The molecule has 0 saturated heterocycles. The van der Waals surface area contributed by atoms with Crippen molar-refractivity contribution in [1.29, 1.82) is 0 Å². The Balaban J connectivity index is 0.000000325. The summed E-state index contributed by atoms with van der Waals surface area (Å²) in [6, 6.07) is 5.45. The van der Waals surface area contributed by atoms with Crippen LogP contribution in [0.4, 0.5) is 11.6 Å². The molecule has 2 saturated carbocycles. The first-order chi connectivity index (χ1) is 11.7. The van der Waals surface area contributed by atoms with Crippen LogP contribution < -0.4 is 16.6 Å². The number of hydrogen-bond acceptors (Lipinski definition) is 4. The molecule has 6 heteroatoms. The van der Waals surface area contributed by atoms with Gasteiger partial charge < -0.3 is 11.1 Å². The van der Waals surface area contributed by atoms with Crippen LogP contribution in [0.25, 0.3) is 10.9 Å². The van der Waals surface area contributed by atoms with Crippen molar-refractivity contribution in [3.05, 3.63) is 92.3 Å². The van der Waals surface area contributed by atoms with Crippen molar-refractivity contribution >= 4 is 22.5 Å². The number of nitrogens with one attached hydrogen (secondary N) is 2. The van der Waals surface area contributed by atoms with Crippen LogP contribution in [0.15, 0.2) is 23.0 Å². The van der Waals surface area contributed by atoms with E-state index < -0.39 is 0 Å². The van der Waals surface area contributed by atoms with Gasteiger partial charge in [-0.25, -0.2) is 4.98 Å². The fraction of sp³-hybridized carbons (Fsp3) is 0.0526. The zero-order valence-electron chi connectivity index (χ0n) is 13.4. The fourth-order valence-electron chi connectivity index (χ4n) is 2.32. The van der Waals surface area contributed by atoms with Gasteiger partial charge in [0.2, 0.25) is 5.95 Å². The summed E-state index contributed by atoms with van der Waals surface area (Å²) in [7, 11) is 0. The minimum atomic E-state index is -0.223. The molecule has 1 heterocycles. The van der Waals surface area contributed by atoms with E-state index in [-0.39, 0.29) is 28.6 Å². The van der Waals surface area contributed by atoms with E-state index in [1.807, 2.05) is 63.9 Å². The van der Waals surface area contributed by atoms with Gasteiger partial charge in [-0.1, -0.05) is 0 Å². The maximum atomic E-state index is 11.8. The van der Waals surface area contributed by atoms with Gasteiger partial charge in [-0.3, -0.25) is 9.78 Å². The van der Waals surface area contributed by atoms with E-state index in [0.717, 1.165) is 12.2 Å². The number of aromatic amines is 1. The molecular weight excluding hydrogens is 356 g/mol. The van der Waals surface area contributed by atoms with Crippen molar-refractivity contribution in [3.63, 3.8) is 0 Å². The molecule has 2 aliphatic rings. The Morgan fingerprint density at radius 3 is 2.28 bits per heavy atom. The first-order valence-electron chi connectivity index (χ1n) is 7.63. The molecule has 1 aromatic heterocycles. The standard InChI is InChI=1S/C14H13N4O.C5H5.Fe/c15-14-17-12-6-5-10(7-11(12)13(19)18-14)16-8-9-3-1-2-4-9;1-2-4-5-3-1;/h1-7,16H,8H2,(H3,15,17,18,19);1-5H;/q;;+2. The summed E-state index contributed by atoms with van der Waals surface area (Å²) in [6.07, 6.45) is 18.1. The number of nitrogens with two attached hydrogens (primary N) is 1. The van der Waals surface area contributed by atoms with Crippen molar-refractivity contribution in [3.8, 4) is 0 Å². The van der Waals surface area contributed by atoms with Crippen LogP contribution in [0, 0.1) is 63.7 Å². The summed E-state index contributed by atoms with van der Waals surface area (Å²) in [6.45, 7) is 0.721. The second-order valence-corrected chi connectivity index (χ2v) is 5.29. The predicted molar refractivity (Wildman–Crippen MR) is 97.2 cm³/mol. The largest absolute Gasteiger partial charge is 2.00 e. The van der Waals surface area contributed by atoms with Crippen LogP contribution in [-0.2, 0) is 17.1 Å². The molecular formula is C19H18FeN4O+2. The van der Waals surface area contributed by atoms with Gasteiger partial charge in [0.15, 0.2) is 0 Å². The Morgan fingerprint density at radius 1 is 1.00 bits per heavy atom. The number of nitrogen functional groups attached to an aromatic ring is 1. The Labute approximate surface area is 159 Å². The van der Waals surface area contributed by atoms with Crippen LogP contribution >= 0.6 is 0 Å². The molecule has 2 aromatic rings. The number of aromatic nitrogens is 2. The molecule has 0 unspecified atom stereocenters. The average molecular weight is 374 g/mol. The molecule has 0 amide bonds. The quantitative estimate of drug-likeness (QED) is 0.721.